The Labute approximate surface area is 209 Å². The predicted molar refractivity (Wildman–Crippen MR) is 140 cm³/mol. The van der Waals surface area contributed by atoms with Gasteiger partial charge in [0.25, 0.3) is 0 Å². The van der Waals surface area contributed by atoms with E-state index in [9.17, 15) is 4.79 Å². The maximum atomic E-state index is 13.1. The Morgan fingerprint density at radius 3 is 2.46 bits per heavy atom. The number of benzene rings is 2. The molecule has 2 aromatic carbocycles. The molecule has 4 aromatic rings. The number of morpholine rings is 1. The molecule has 0 radical (unpaired) electrons. The van der Waals surface area contributed by atoms with E-state index in [1.165, 1.54) is 28.5 Å². The molecule has 7 nitrogen and oxygen atoms in total. The van der Waals surface area contributed by atoms with Crippen molar-refractivity contribution in [1.82, 2.24) is 24.6 Å². The van der Waals surface area contributed by atoms with Crippen LogP contribution >= 0.6 is 11.8 Å². The van der Waals surface area contributed by atoms with Crippen molar-refractivity contribution in [3.8, 4) is 0 Å². The van der Waals surface area contributed by atoms with Crippen LogP contribution in [0.25, 0.3) is 22.1 Å². The van der Waals surface area contributed by atoms with Crippen molar-refractivity contribution in [3.05, 3.63) is 59.2 Å². The first-order valence-electron chi connectivity index (χ1n) is 12.1. The molecule has 182 valence electrons. The van der Waals surface area contributed by atoms with Crippen LogP contribution < -0.4 is 0 Å². The maximum Gasteiger partial charge on any atom is 0.236 e. The molecular weight excluding hydrogens is 458 g/mol. The summed E-state index contributed by atoms with van der Waals surface area (Å²) in [4.78, 5) is 19.9. The molecule has 35 heavy (non-hydrogen) atoms. The second-order valence-electron chi connectivity index (χ2n) is 9.62. The second-order valence-corrected chi connectivity index (χ2v) is 10.9. The van der Waals surface area contributed by atoms with Crippen LogP contribution in [0.1, 0.15) is 37.5 Å². The van der Waals surface area contributed by atoms with Gasteiger partial charge in [0.2, 0.25) is 11.1 Å². The minimum atomic E-state index is -0.316. The zero-order valence-electron chi connectivity index (χ0n) is 20.9. The number of fused-ring (bicyclic) bond motifs is 3. The van der Waals surface area contributed by atoms with Crippen molar-refractivity contribution in [2.24, 2.45) is 0 Å². The van der Waals surface area contributed by atoms with Crippen LogP contribution in [-0.4, -0.2) is 61.1 Å². The van der Waals surface area contributed by atoms with Gasteiger partial charge in [0, 0.05) is 25.0 Å². The van der Waals surface area contributed by atoms with E-state index in [1.54, 1.807) is 0 Å². The lowest BCUT2D eigenvalue weighted by Crippen LogP contribution is -2.50. The van der Waals surface area contributed by atoms with Crippen molar-refractivity contribution in [2.45, 2.75) is 63.8 Å². The summed E-state index contributed by atoms with van der Waals surface area (Å²) in [6, 6.07) is 14.9. The van der Waals surface area contributed by atoms with E-state index in [0.29, 0.717) is 24.8 Å². The molecule has 3 heterocycles. The van der Waals surface area contributed by atoms with Gasteiger partial charge in [-0.2, -0.15) is 0 Å². The summed E-state index contributed by atoms with van der Waals surface area (Å²) in [5.41, 5.74) is 6.25. The fraction of sp³-hybridized carbons (Fsp3) is 0.407. The molecule has 1 saturated heterocycles. The van der Waals surface area contributed by atoms with Crippen LogP contribution in [0.4, 0.5) is 0 Å². The highest BCUT2D eigenvalue weighted by Crippen LogP contribution is 2.30. The molecule has 1 fully saturated rings. The van der Waals surface area contributed by atoms with E-state index in [1.807, 2.05) is 25.7 Å². The van der Waals surface area contributed by atoms with Gasteiger partial charge >= 0.3 is 0 Å². The summed E-state index contributed by atoms with van der Waals surface area (Å²) in [6.45, 7) is 12.0. The average molecular weight is 490 g/mol. The molecule has 3 atom stereocenters. The maximum absolute atomic E-state index is 13.1. The number of aryl methyl sites for hydroxylation is 2. The number of nitrogens with zero attached hydrogens (tertiary/aromatic N) is 5. The highest BCUT2D eigenvalue weighted by Gasteiger charge is 2.30. The summed E-state index contributed by atoms with van der Waals surface area (Å²) in [5, 5.41) is 10.2. The van der Waals surface area contributed by atoms with Crippen LogP contribution in [0.3, 0.4) is 0 Å². The van der Waals surface area contributed by atoms with Crippen molar-refractivity contribution < 1.29 is 9.53 Å². The number of amides is 1. The highest BCUT2D eigenvalue weighted by molar-refractivity contribution is 8.00. The van der Waals surface area contributed by atoms with Crippen LogP contribution in [-0.2, 0) is 16.1 Å². The molecule has 2 aromatic heterocycles. The molecule has 0 bridgehead atoms. The molecule has 1 aliphatic rings. The van der Waals surface area contributed by atoms with Gasteiger partial charge in [-0.25, -0.2) is 4.98 Å². The number of carbonyl (C=O) groups excluding carboxylic acids is 1. The Bertz CT molecular complexity index is 1370. The molecule has 5 rings (SSSR count). The lowest BCUT2D eigenvalue weighted by atomic mass is 10.1. The monoisotopic (exact) mass is 489 g/mol. The van der Waals surface area contributed by atoms with Crippen molar-refractivity contribution in [2.75, 3.05) is 13.1 Å². The van der Waals surface area contributed by atoms with Gasteiger partial charge in [0.1, 0.15) is 5.52 Å². The number of thioether (sulfide) groups is 1. The van der Waals surface area contributed by atoms with Crippen molar-refractivity contribution in [1.29, 1.82) is 0 Å². The predicted octanol–water partition coefficient (Wildman–Crippen LogP) is 4.76. The first kappa shape index (κ1) is 23.8. The van der Waals surface area contributed by atoms with Crippen molar-refractivity contribution in [3.63, 3.8) is 0 Å². The van der Waals surface area contributed by atoms with E-state index < -0.39 is 0 Å². The molecule has 1 amide bonds. The Morgan fingerprint density at radius 2 is 1.74 bits per heavy atom. The topological polar surface area (TPSA) is 73.1 Å². The van der Waals surface area contributed by atoms with E-state index in [2.05, 4.69) is 71.1 Å². The summed E-state index contributed by atoms with van der Waals surface area (Å²) in [7, 11) is 0. The second kappa shape index (κ2) is 9.59. The number of hydrogen-bond acceptors (Lipinski definition) is 6. The summed E-state index contributed by atoms with van der Waals surface area (Å²) >= 11 is 1.36. The molecule has 1 aliphatic heterocycles. The van der Waals surface area contributed by atoms with Gasteiger partial charge in [-0.1, -0.05) is 53.2 Å². The van der Waals surface area contributed by atoms with Crippen LogP contribution in [0, 0.1) is 13.8 Å². The van der Waals surface area contributed by atoms with Gasteiger partial charge in [-0.3, -0.25) is 4.79 Å². The quantitative estimate of drug-likeness (QED) is 0.376. The van der Waals surface area contributed by atoms with Gasteiger partial charge in [0.05, 0.1) is 23.0 Å². The first-order valence-corrected chi connectivity index (χ1v) is 13.0. The molecule has 3 unspecified atom stereocenters. The largest absolute Gasteiger partial charge is 0.372 e. The van der Waals surface area contributed by atoms with Crippen molar-refractivity contribution >= 4 is 39.7 Å². The Balaban J connectivity index is 1.48. The molecule has 0 N–H and O–H groups in total. The van der Waals surface area contributed by atoms with Crippen LogP contribution in [0.15, 0.2) is 47.6 Å². The van der Waals surface area contributed by atoms with Gasteiger partial charge in [0.15, 0.2) is 5.65 Å². The van der Waals surface area contributed by atoms with Gasteiger partial charge in [-0.15, -0.1) is 10.2 Å². The average Bonchev–Trinajstić information content (AvgIpc) is 3.11. The van der Waals surface area contributed by atoms with Gasteiger partial charge in [-0.05, 0) is 52.3 Å². The number of aromatic nitrogens is 4. The highest BCUT2D eigenvalue weighted by atomic mass is 32.2. The van der Waals surface area contributed by atoms with E-state index >= 15 is 0 Å². The number of ether oxygens (including phenoxy) is 1. The molecular formula is C27H31N5O2S. The van der Waals surface area contributed by atoms with E-state index in [4.69, 9.17) is 9.72 Å². The fourth-order valence-corrected chi connectivity index (χ4v) is 5.56. The van der Waals surface area contributed by atoms with Crippen LogP contribution in [0.2, 0.25) is 0 Å². The smallest absolute Gasteiger partial charge is 0.236 e. The minimum Gasteiger partial charge on any atom is -0.372 e. The first-order chi connectivity index (χ1) is 16.8. The normalized spacial score (nSPS) is 19.4. The zero-order valence-corrected chi connectivity index (χ0v) is 21.7. The third-order valence-corrected chi connectivity index (χ3v) is 7.36. The lowest BCUT2D eigenvalue weighted by Gasteiger charge is -2.36. The number of rotatable bonds is 5. The molecule has 0 spiro atoms. The standard InChI is InChI=1S/C27H31N5O2S/c1-16-6-9-21(10-7-16)15-32-23-11-8-17(2)12-22(23)24-25(32)28-27(30-29-24)35-20(5)26(33)31-13-18(3)34-19(4)14-31/h6-12,18-20H,13-15H2,1-5H3. The summed E-state index contributed by atoms with van der Waals surface area (Å²) in [5.74, 6) is 0.0801. The summed E-state index contributed by atoms with van der Waals surface area (Å²) in [6.07, 6.45) is 0.0743. The van der Waals surface area contributed by atoms with E-state index in [-0.39, 0.29) is 23.4 Å². The third kappa shape index (κ3) is 4.90. The molecule has 0 saturated carbocycles. The Hall–Kier alpha value is -2.97. The zero-order chi connectivity index (χ0) is 24.7. The SMILES string of the molecule is Cc1ccc(Cn2c3ccc(C)cc3c3nnc(SC(C)C(=O)N4CC(C)OC(C)C4)nc32)cc1. The summed E-state index contributed by atoms with van der Waals surface area (Å²) < 4.78 is 7.98. The number of hydrogen-bond donors (Lipinski definition) is 0. The Morgan fingerprint density at radius 1 is 1.06 bits per heavy atom. The number of carbonyl (C=O) groups is 1. The van der Waals surface area contributed by atoms with E-state index in [0.717, 1.165) is 22.1 Å². The Kier molecular flexibility index (Phi) is 6.51. The fourth-order valence-electron chi connectivity index (χ4n) is 4.76. The lowest BCUT2D eigenvalue weighted by molar-refractivity contribution is -0.142. The van der Waals surface area contributed by atoms with Crippen LogP contribution in [0.5, 0.6) is 0 Å². The van der Waals surface area contributed by atoms with Gasteiger partial charge < -0.3 is 14.2 Å². The molecule has 0 aliphatic carbocycles. The minimum absolute atomic E-state index is 0.0371. The third-order valence-electron chi connectivity index (χ3n) is 6.43. The molecule has 8 heteroatoms.